The first kappa shape index (κ1) is 20.9. The molecule has 6 nitrogen and oxygen atoms in total. The van der Waals surface area contributed by atoms with Crippen molar-refractivity contribution in [2.45, 2.75) is 0 Å². The molecule has 0 heterocycles. The quantitative estimate of drug-likeness (QED) is 0.530. The van der Waals surface area contributed by atoms with Crippen LogP contribution in [0.5, 0.6) is 11.5 Å². The summed E-state index contributed by atoms with van der Waals surface area (Å²) in [6, 6.07) is 21.7. The summed E-state index contributed by atoms with van der Waals surface area (Å²) in [6.45, 7) is 0.245. The van der Waals surface area contributed by atoms with Crippen molar-refractivity contribution in [1.29, 1.82) is 0 Å². The number of halogens is 1. The van der Waals surface area contributed by atoms with Crippen LogP contribution >= 0.6 is 0 Å². The molecule has 0 aromatic heterocycles. The van der Waals surface area contributed by atoms with Crippen LogP contribution in [-0.4, -0.2) is 31.6 Å². The van der Waals surface area contributed by atoms with Crippen LogP contribution in [0.4, 0.5) is 10.1 Å². The Morgan fingerprint density at radius 3 is 2.33 bits per heavy atom. The molecule has 2 N–H and O–H groups in total. The molecule has 0 saturated carbocycles. The molecule has 0 fully saturated rings. The number of amides is 2. The number of para-hydroxylation sites is 3. The van der Waals surface area contributed by atoms with Crippen molar-refractivity contribution in [3.63, 3.8) is 0 Å². The second kappa shape index (κ2) is 10.6. The first-order valence-corrected chi connectivity index (χ1v) is 9.36. The Balaban J connectivity index is 1.50. The molecule has 2 amide bonds. The van der Waals surface area contributed by atoms with Crippen molar-refractivity contribution in [1.82, 2.24) is 5.32 Å². The van der Waals surface area contributed by atoms with E-state index in [1.54, 1.807) is 30.3 Å². The molecule has 0 aliphatic heterocycles. The van der Waals surface area contributed by atoms with Gasteiger partial charge in [0.15, 0.2) is 6.61 Å². The van der Waals surface area contributed by atoms with Crippen LogP contribution in [0.3, 0.4) is 0 Å². The van der Waals surface area contributed by atoms with Crippen molar-refractivity contribution < 1.29 is 23.5 Å². The number of anilines is 1. The highest BCUT2D eigenvalue weighted by Gasteiger charge is 2.14. The minimum atomic E-state index is -0.539. The van der Waals surface area contributed by atoms with E-state index in [1.807, 2.05) is 30.3 Å². The first-order chi connectivity index (χ1) is 14.6. The van der Waals surface area contributed by atoms with E-state index in [2.05, 4.69) is 10.6 Å². The number of carbonyl (C=O) groups excluding carboxylic acids is 2. The molecule has 0 saturated heterocycles. The fraction of sp³-hybridized carbons (Fsp3) is 0.130. The maximum atomic E-state index is 13.6. The van der Waals surface area contributed by atoms with E-state index in [1.165, 1.54) is 18.2 Å². The van der Waals surface area contributed by atoms with Gasteiger partial charge in [0.2, 0.25) is 0 Å². The zero-order chi connectivity index (χ0) is 21.2. The molecule has 0 aliphatic rings. The van der Waals surface area contributed by atoms with E-state index in [9.17, 15) is 14.0 Å². The van der Waals surface area contributed by atoms with Gasteiger partial charge >= 0.3 is 0 Å². The van der Waals surface area contributed by atoms with E-state index >= 15 is 0 Å². The summed E-state index contributed by atoms with van der Waals surface area (Å²) < 4.78 is 24.6. The first-order valence-electron chi connectivity index (χ1n) is 9.36. The zero-order valence-electron chi connectivity index (χ0n) is 16.1. The van der Waals surface area contributed by atoms with Crippen LogP contribution in [0.1, 0.15) is 10.4 Å². The van der Waals surface area contributed by atoms with Gasteiger partial charge in [0.1, 0.15) is 23.9 Å². The van der Waals surface area contributed by atoms with Gasteiger partial charge in [-0.3, -0.25) is 9.59 Å². The van der Waals surface area contributed by atoms with Crippen LogP contribution in [0.2, 0.25) is 0 Å². The minimum Gasteiger partial charge on any atom is -0.492 e. The lowest BCUT2D eigenvalue weighted by Crippen LogP contribution is -2.29. The Kier molecular flexibility index (Phi) is 7.38. The van der Waals surface area contributed by atoms with E-state index in [0.29, 0.717) is 13.2 Å². The molecule has 30 heavy (non-hydrogen) atoms. The molecule has 3 rings (SSSR count). The largest absolute Gasteiger partial charge is 0.492 e. The van der Waals surface area contributed by atoms with Crippen LogP contribution in [0, 0.1) is 5.82 Å². The summed E-state index contributed by atoms with van der Waals surface area (Å²) in [6.07, 6.45) is 0. The molecule has 7 heteroatoms. The lowest BCUT2D eigenvalue weighted by Gasteiger charge is -2.12. The Morgan fingerprint density at radius 1 is 0.833 bits per heavy atom. The van der Waals surface area contributed by atoms with Gasteiger partial charge in [-0.1, -0.05) is 42.5 Å². The van der Waals surface area contributed by atoms with E-state index in [-0.39, 0.29) is 29.5 Å². The van der Waals surface area contributed by atoms with E-state index < -0.39 is 11.7 Å². The smallest absolute Gasteiger partial charge is 0.262 e. The number of hydrogen-bond acceptors (Lipinski definition) is 4. The molecular formula is C23H21FN2O4. The molecule has 0 bridgehead atoms. The molecule has 3 aromatic carbocycles. The highest BCUT2D eigenvalue weighted by atomic mass is 19.1. The van der Waals surface area contributed by atoms with Crippen molar-refractivity contribution in [2.24, 2.45) is 0 Å². The lowest BCUT2D eigenvalue weighted by atomic mass is 10.2. The maximum absolute atomic E-state index is 13.6. The van der Waals surface area contributed by atoms with Gasteiger partial charge in [0.05, 0.1) is 17.8 Å². The molecule has 3 aromatic rings. The van der Waals surface area contributed by atoms with Gasteiger partial charge in [-0.05, 0) is 36.4 Å². The Labute approximate surface area is 173 Å². The van der Waals surface area contributed by atoms with Crippen molar-refractivity contribution in [3.05, 3.63) is 90.2 Å². The topological polar surface area (TPSA) is 76.7 Å². The average molecular weight is 408 g/mol. The Hall–Kier alpha value is -3.87. The van der Waals surface area contributed by atoms with Gasteiger partial charge in [-0.15, -0.1) is 0 Å². The fourth-order valence-corrected chi connectivity index (χ4v) is 2.62. The highest BCUT2D eigenvalue weighted by Crippen LogP contribution is 2.18. The van der Waals surface area contributed by atoms with Crippen LogP contribution in [-0.2, 0) is 4.79 Å². The zero-order valence-corrected chi connectivity index (χ0v) is 16.1. The molecule has 0 aliphatic carbocycles. The van der Waals surface area contributed by atoms with Crippen molar-refractivity contribution in [2.75, 3.05) is 25.1 Å². The summed E-state index contributed by atoms with van der Waals surface area (Å²) in [5.41, 5.74) is 0.353. The van der Waals surface area contributed by atoms with Crippen LogP contribution in [0.15, 0.2) is 78.9 Å². The molecule has 0 radical (unpaired) electrons. The Morgan fingerprint density at radius 2 is 1.53 bits per heavy atom. The number of carbonyl (C=O) groups is 2. The maximum Gasteiger partial charge on any atom is 0.262 e. The lowest BCUT2D eigenvalue weighted by molar-refractivity contribution is -0.118. The third-order valence-electron chi connectivity index (χ3n) is 4.04. The van der Waals surface area contributed by atoms with Crippen LogP contribution in [0.25, 0.3) is 0 Å². The van der Waals surface area contributed by atoms with Gasteiger partial charge in [0, 0.05) is 0 Å². The summed E-state index contributed by atoms with van der Waals surface area (Å²) in [5.74, 6) is -0.453. The second-order valence-corrected chi connectivity index (χ2v) is 6.23. The number of rotatable bonds is 9. The number of ether oxygens (including phenoxy) is 2. The highest BCUT2D eigenvalue weighted by molar-refractivity contribution is 5.97. The molecule has 154 valence electrons. The number of nitrogens with one attached hydrogen (secondary N) is 2. The summed E-state index contributed by atoms with van der Waals surface area (Å²) >= 11 is 0. The summed E-state index contributed by atoms with van der Waals surface area (Å²) in [5, 5.41) is 5.18. The van der Waals surface area contributed by atoms with Crippen molar-refractivity contribution >= 4 is 17.5 Å². The number of benzene rings is 3. The van der Waals surface area contributed by atoms with E-state index in [0.717, 1.165) is 5.75 Å². The standard InChI is InChI=1S/C23H21FN2O4/c24-19-11-5-6-12-20(19)26-22(27)16-30-21-13-7-4-10-18(21)23(28)25-14-15-29-17-8-2-1-3-9-17/h1-13H,14-16H2,(H,25,28)(H,26,27). The third-order valence-corrected chi connectivity index (χ3v) is 4.04. The average Bonchev–Trinajstić information content (AvgIpc) is 2.77. The third kappa shape index (κ3) is 6.07. The van der Waals surface area contributed by atoms with Gasteiger partial charge in [-0.25, -0.2) is 4.39 Å². The molecular weight excluding hydrogens is 387 g/mol. The predicted molar refractivity (Wildman–Crippen MR) is 111 cm³/mol. The van der Waals surface area contributed by atoms with E-state index in [4.69, 9.17) is 9.47 Å². The SMILES string of the molecule is O=C(COc1ccccc1C(=O)NCCOc1ccccc1)Nc1ccccc1F. The minimum absolute atomic E-state index is 0.0653. The Bertz CT molecular complexity index is 995. The monoisotopic (exact) mass is 408 g/mol. The fourth-order valence-electron chi connectivity index (χ4n) is 2.62. The van der Waals surface area contributed by atoms with Crippen molar-refractivity contribution in [3.8, 4) is 11.5 Å². The molecule has 0 atom stereocenters. The normalized spacial score (nSPS) is 10.2. The summed E-state index contributed by atoms with van der Waals surface area (Å²) in [7, 11) is 0. The predicted octanol–water partition coefficient (Wildman–Crippen LogP) is 3.65. The number of hydrogen-bond donors (Lipinski definition) is 2. The molecule has 0 unspecified atom stereocenters. The van der Waals surface area contributed by atoms with Gasteiger partial charge in [0.25, 0.3) is 11.8 Å². The molecule has 0 spiro atoms. The van der Waals surface area contributed by atoms with Crippen LogP contribution < -0.4 is 20.1 Å². The summed E-state index contributed by atoms with van der Waals surface area (Å²) in [4.78, 5) is 24.5. The van der Waals surface area contributed by atoms with Gasteiger partial charge < -0.3 is 20.1 Å². The van der Waals surface area contributed by atoms with Gasteiger partial charge in [-0.2, -0.15) is 0 Å². The second-order valence-electron chi connectivity index (χ2n) is 6.23.